The van der Waals surface area contributed by atoms with Gasteiger partial charge in [-0.15, -0.1) is 0 Å². The molecule has 1 fully saturated rings. The molecular formula is C9H22N2. The molecule has 2 unspecified atom stereocenters. The second kappa shape index (κ2) is 6.62. The third-order valence-electron chi connectivity index (χ3n) is 1.93. The van der Waals surface area contributed by atoms with E-state index >= 15 is 0 Å². The van der Waals surface area contributed by atoms with Crippen LogP contribution in [0.4, 0.5) is 0 Å². The third kappa shape index (κ3) is 4.38. The van der Waals surface area contributed by atoms with Gasteiger partial charge in [-0.1, -0.05) is 33.6 Å². The second-order valence-corrected chi connectivity index (χ2v) is 3.14. The van der Waals surface area contributed by atoms with Crippen molar-refractivity contribution in [3.63, 3.8) is 0 Å². The van der Waals surface area contributed by atoms with Crippen molar-refractivity contribution in [2.24, 2.45) is 11.7 Å². The minimum absolute atomic E-state index is 0.278. The van der Waals surface area contributed by atoms with E-state index in [4.69, 9.17) is 5.73 Å². The maximum absolute atomic E-state index is 5.68. The van der Waals surface area contributed by atoms with Crippen molar-refractivity contribution in [1.29, 1.82) is 0 Å². The highest BCUT2D eigenvalue weighted by Crippen LogP contribution is 2.14. The standard InChI is InChI=1S/C6H14N2.C3H8/c1-2-5-3-4-8-6(5)7;1-3-2/h5-6,8H,2-4,7H2,1H3;3H2,1-2H3. The molecule has 1 heterocycles. The van der Waals surface area contributed by atoms with Crippen LogP contribution in [0.15, 0.2) is 0 Å². The molecular weight excluding hydrogens is 136 g/mol. The van der Waals surface area contributed by atoms with E-state index in [1.54, 1.807) is 0 Å². The van der Waals surface area contributed by atoms with Crippen molar-refractivity contribution in [3.8, 4) is 0 Å². The van der Waals surface area contributed by atoms with Gasteiger partial charge < -0.3 is 11.1 Å². The maximum Gasteiger partial charge on any atom is 0.0575 e. The van der Waals surface area contributed by atoms with Gasteiger partial charge in [0.15, 0.2) is 0 Å². The molecule has 2 heteroatoms. The third-order valence-corrected chi connectivity index (χ3v) is 1.93. The van der Waals surface area contributed by atoms with Crippen LogP contribution >= 0.6 is 0 Å². The van der Waals surface area contributed by atoms with E-state index in [0.717, 1.165) is 12.5 Å². The summed E-state index contributed by atoms with van der Waals surface area (Å²) < 4.78 is 0. The van der Waals surface area contributed by atoms with Crippen molar-refractivity contribution in [2.45, 2.75) is 46.2 Å². The molecule has 0 bridgehead atoms. The van der Waals surface area contributed by atoms with Crippen LogP contribution in [0.5, 0.6) is 0 Å². The number of nitrogens with two attached hydrogens (primary N) is 1. The molecule has 0 saturated carbocycles. The lowest BCUT2D eigenvalue weighted by Crippen LogP contribution is -2.35. The predicted octanol–water partition coefficient (Wildman–Crippen LogP) is 1.71. The highest BCUT2D eigenvalue weighted by molar-refractivity contribution is 4.77. The van der Waals surface area contributed by atoms with Gasteiger partial charge in [-0.2, -0.15) is 0 Å². The molecule has 0 aromatic heterocycles. The lowest BCUT2D eigenvalue weighted by molar-refractivity contribution is 0.447. The normalized spacial score (nSPS) is 29.5. The quantitative estimate of drug-likeness (QED) is 0.609. The predicted molar refractivity (Wildman–Crippen MR) is 50.3 cm³/mol. The molecule has 0 radical (unpaired) electrons. The lowest BCUT2D eigenvalue weighted by atomic mass is 10.0. The number of hydrogen-bond acceptors (Lipinski definition) is 2. The van der Waals surface area contributed by atoms with Crippen LogP contribution in [0, 0.1) is 5.92 Å². The van der Waals surface area contributed by atoms with E-state index in [1.807, 2.05) is 0 Å². The molecule has 0 aromatic rings. The molecule has 2 nitrogen and oxygen atoms in total. The van der Waals surface area contributed by atoms with E-state index in [1.165, 1.54) is 19.3 Å². The van der Waals surface area contributed by atoms with Gasteiger partial charge in [0.1, 0.15) is 0 Å². The Morgan fingerprint density at radius 1 is 1.36 bits per heavy atom. The Morgan fingerprint density at radius 2 is 1.91 bits per heavy atom. The van der Waals surface area contributed by atoms with Gasteiger partial charge in [-0.05, 0) is 18.9 Å². The Hall–Kier alpha value is -0.0800. The maximum atomic E-state index is 5.68. The zero-order valence-corrected chi connectivity index (χ0v) is 8.06. The fraction of sp³-hybridized carbons (Fsp3) is 1.00. The van der Waals surface area contributed by atoms with Crippen molar-refractivity contribution in [2.75, 3.05) is 6.54 Å². The smallest absolute Gasteiger partial charge is 0.0575 e. The Bertz CT molecular complexity index is 83.6. The van der Waals surface area contributed by atoms with Crippen LogP contribution in [0.1, 0.15) is 40.0 Å². The SMILES string of the molecule is CCC.CCC1CCNC1N. The first-order valence-corrected chi connectivity index (χ1v) is 4.75. The summed E-state index contributed by atoms with van der Waals surface area (Å²) in [5, 5.41) is 3.20. The summed E-state index contributed by atoms with van der Waals surface area (Å²) in [4.78, 5) is 0. The van der Waals surface area contributed by atoms with E-state index in [0.29, 0.717) is 0 Å². The number of rotatable bonds is 1. The Balaban J connectivity index is 0.000000292. The minimum Gasteiger partial charge on any atom is -0.316 e. The zero-order valence-electron chi connectivity index (χ0n) is 8.06. The molecule has 11 heavy (non-hydrogen) atoms. The monoisotopic (exact) mass is 158 g/mol. The Morgan fingerprint density at radius 3 is 2.09 bits per heavy atom. The van der Waals surface area contributed by atoms with Gasteiger partial charge in [-0.3, -0.25) is 0 Å². The van der Waals surface area contributed by atoms with Crippen LogP contribution < -0.4 is 11.1 Å². The van der Waals surface area contributed by atoms with Gasteiger partial charge in [0.25, 0.3) is 0 Å². The number of hydrogen-bond donors (Lipinski definition) is 2. The summed E-state index contributed by atoms with van der Waals surface area (Å²) in [6, 6.07) is 0. The highest BCUT2D eigenvalue weighted by atomic mass is 15.1. The molecule has 2 atom stereocenters. The fourth-order valence-electron chi connectivity index (χ4n) is 1.24. The van der Waals surface area contributed by atoms with Crippen molar-refractivity contribution in [1.82, 2.24) is 5.32 Å². The molecule has 0 spiro atoms. The molecule has 1 rings (SSSR count). The second-order valence-electron chi connectivity index (χ2n) is 3.14. The van der Waals surface area contributed by atoms with Crippen LogP contribution in [0.3, 0.4) is 0 Å². The molecule has 0 aliphatic carbocycles. The Kier molecular flexibility index (Phi) is 6.57. The van der Waals surface area contributed by atoms with Gasteiger partial charge in [-0.25, -0.2) is 0 Å². The average molecular weight is 158 g/mol. The molecule has 68 valence electrons. The summed E-state index contributed by atoms with van der Waals surface area (Å²) in [5.74, 6) is 0.731. The first-order chi connectivity index (χ1) is 5.26. The van der Waals surface area contributed by atoms with Crippen molar-refractivity contribution < 1.29 is 0 Å². The zero-order chi connectivity index (χ0) is 8.69. The van der Waals surface area contributed by atoms with Crippen LogP contribution in [-0.4, -0.2) is 12.7 Å². The summed E-state index contributed by atoms with van der Waals surface area (Å²) in [5.41, 5.74) is 5.68. The first kappa shape index (κ1) is 10.9. The summed E-state index contributed by atoms with van der Waals surface area (Å²) in [7, 11) is 0. The molecule has 1 aliphatic rings. The van der Waals surface area contributed by atoms with E-state index in [2.05, 4.69) is 26.1 Å². The first-order valence-electron chi connectivity index (χ1n) is 4.75. The lowest BCUT2D eigenvalue weighted by Gasteiger charge is -2.10. The summed E-state index contributed by atoms with van der Waals surface area (Å²) >= 11 is 0. The van der Waals surface area contributed by atoms with Gasteiger partial charge >= 0.3 is 0 Å². The topological polar surface area (TPSA) is 38.0 Å². The van der Waals surface area contributed by atoms with Crippen LogP contribution in [0.2, 0.25) is 0 Å². The summed E-state index contributed by atoms with van der Waals surface area (Å²) in [6.07, 6.45) is 4.01. The van der Waals surface area contributed by atoms with Crippen LogP contribution in [0.25, 0.3) is 0 Å². The van der Waals surface area contributed by atoms with Crippen molar-refractivity contribution in [3.05, 3.63) is 0 Å². The van der Waals surface area contributed by atoms with Crippen LogP contribution in [-0.2, 0) is 0 Å². The van der Waals surface area contributed by atoms with E-state index in [-0.39, 0.29) is 6.17 Å². The van der Waals surface area contributed by atoms with Gasteiger partial charge in [0.05, 0.1) is 6.17 Å². The van der Waals surface area contributed by atoms with E-state index in [9.17, 15) is 0 Å². The number of nitrogens with one attached hydrogen (secondary N) is 1. The molecule has 1 aliphatic heterocycles. The van der Waals surface area contributed by atoms with Gasteiger partial charge in [0.2, 0.25) is 0 Å². The van der Waals surface area contributed by atoms with E-state index < -0.39 is 0 Å². The highest BCUT2D eigenvalue weighted by Gasteiger charge is 2.20. The summed E-state index contributed by atoms with van der Waals surface area (Å²) in [6.45, 7) is 7.55. The van der Waals surface area contributed by atoms with Crippen molar-refractivity contribution >= 4 is 0 Å². The minimum atomic E-state index is 0.278. The molecule has 3 N–H and O–H groups in total. The fourth-order valence-corrected chi connectivity index (χ4v) is 1.24. The molecule has 0 amide bonds. The largest absolute Gasteiger partial charge is 0.316 e. The average Bonchev–Trinajstić information content (AvgIpc) is 2.36. The molecule has 1 saturated heterocycles. The molecule has 0 aromatic carbocycles. The Labute approximate surface area is 70.5 Å². The van der Waals surface area contributed by atoms with Gasteiger partial charge in [0, 0.05) is 0 Å².